The van der Waals surface area contributed by atoms with Gasteiger partial charge >= 0.3 is 0 Å². The molecule has 0 radical (unpaired) electrons. The summed E-state index contributed by atoms with van der Waals surface area (Å²) in [5.41, 5.74) is 1.27. The lowest BCUT2D eigenvalue weighted by Gasteiger charge is -2.38. The first-order valence-corrected chi connectivity index (χ1v) is 9.57. The second-order valence-electron chi connectivity index (χ2n) is 7.43. The van der Waals surface area contributed by atoms with Crippen LogP contribution in [-0.2, 0) is 4.79 Å². The molecule has 4 rings (SSSR count). The van der Waals surface area contributed by atoms with Gasteiger partial charge in [-0.1, -0.05) is 18.2 Å². The highest BCUT2D eigenvalue weighted by atomic mass is 19.1. The van der Waals surface area contributed by atoms with Crippen LogP contribution in [0, 0.1) is 12.7 Å². The molecule has 0 aliphatic carbocycles. The van der Waals surface area contributed by atoms with Crippen molar-refractivity contribution in [1.82, 2.24) is 29.4 Å². The largest absolute Gasteiger partial charge is 0.353 e. The molecule has 1 amide bonds. The average molecular weight is 397 g/mol. The SMILES string of the molecule is Cc1cc(N2CCN(C(=O)C(c3ccccc3F)N(C)C)CC2)n2ncnc2n1. The highest BCUT2D eigenvalue weighted by Crippen LogP contribution is 2.25. The quantitative estimate of drug-likeness (QED) is 0.665. The lowest BCUT2D eigenvalue weighted by molar-refractivity contribution is -0.136. The van der Waals surface area contributed by atoms with Crippen molar-refractivity contribution in [3.63, 3.8) is 0 Å². The Bertz CT molecular complexity index is 1030. The molecule has 3 heterocycles. The first-order chi connectivity index (χ1) is 14.0. The van der Waals surface area contributed by atoms with E-state index in [0.29, 0.717) is 37.5 Å². The van der Waals surface area contributed by atoms with E-state index in [1.807, 2.05) is 13.0 Å². The predicted octanol–water partition coefficient (Wildman–Crippen LogP) is 1.52. The maximum absolute atomic E-state index is 14.3. The Labute approximate surface area is 168 Å². The third-order valence-electron chi connectivity index (χ3n) is 5.23. The van der Waals surface area contributed by atoms with Gasteiger partial charge in [0.25, 0.3) is 5.78 Å². The fourth-order valence-corrected chi connectivity index (χ4v) is 3.79. The van der Waals surface area contributed by atoms with Gasteiger partial charge in [-0.25, -0.2) is 9.37 Å². The number of fused-ring (bicyclic) bond motifs is 1. The number of carbonyl (C=O) groups is 1. The number of hydrogen-bond acceptors (Lipinski definition) is 6. The Kier molecular flexibility index (Phi) is 5.14. The Morgan fingerprint density at radius 1 is 1.17 bits per heavy atom. The van der Waals surface area contributed by atoms with Crippen molar-refractivity contribution in [2.24, 2.45) is 0 Å². The van der Waals surface area contributed by atoms with Crippen LogP contribution >= 0.6 is 0 Å². The molecule has 1 atom stereocenters. The summed E-state index contributed by atoms with van der Waals surface area (Å²) in [6.45, 7) is 4.33. The number of aromatic nitrogens is 4. The van der Waals surface area contributed by atoms with Gasteiger partial charge in [-0.15, -0.1) is 0 Å². The zero-order chi connectivity index (χ0) is 20.5. The highest BCUT2D eigenvalue weighted by Gasteiger charge is 2.32. The van der Waals surface area contributed by atoms with Gasteiger partial charge in [-0.3, -0.25) is 9.69 Å². The number of nitrogens with zero attached hydrogens (tertiary/aromatic N) is 7. The minimum absolute atomic E-state index is 0.0865. The number of likely N-dealkylation sites (N-methyl/N-ethyl adjacent to an activating group) is 1. The normalized spacial score (nSPS) is 15.9. The lowest BCUT2D eigenvalue weighted by atomic mass is 10.0. The molecule has 1 aromatic carbocycles. The fraction of sp³-hybridized carbons (Fsp3) is 0.400. The Morgan fingerprint density at radius 2 is 1.90 bits per heavy atom. The smallest absolute Gasteiger partial charge is 0.254 e. The van der Waals surface area contributed by atoms with Crippen LogP contribution in [0.3, 0.4) is 0 Å². The van der Waals surface area contributed by atoms with Crippen molar-refractivity contribution in [2.75, 3.05) is 45.2 Å². The molecule has 1 saturated heterocycles. The number of halogens is 1. The second-order valence-corrected chi connectivity index (χ2v) is 7.43. The molecule has 8 nitrogen and oxygen atoms in total. The summed E-state index contributed by atoms with van der Waals surface area (Å²) < 4.78 is 16.1. The monoisotopic (exact) mass is 397 g/mol. The summed E-state index contributed by atoms with van der Waals surface area (Å²) in [6.07, 6.45) is 1.49. The molecular weight excluding hydrogens is 373 g/mol. The van der Waals surface area contributed by atoms with E-state index in [1.165, 1.54) is 12.4 Å². The molecule has 1 aliphatic heterocycles. The zero-order valence-electron chi connectivity index (χ0n) is 16.8. The number of benzene rings is 1. The Morgan fingerprint density at radius 3 is 2.59 bits per heavy atom. The number of carbonyl (C=O) groups excluding carboxylic acids is 1. The highest BCUT2D eigenvalue weighted by molar-refractivity contribution is 5.83. The van der Waals surface area contributed by atoms with Gasteiger partial charge in [0.2, 0.25) is 5.91 Å². The van der Waals surface area contributed by atoms with Crippen LogP contribution in [0.25, 0.3) is 5.78 Å². The number of anilines is 1. The van der Waals surface area contributed by atoms with Crippen LogP contribution in [0.1, 0.15) is 17.3 Å². The molecule has 1 aliphatic rings. The molecule has 0 bridgehead atoms. The van der Waals surface area contributed by atoms with Crippen LogP contribution in [-0.4, -0.2) is 75.6 Å². The first-order valence-electron chi connectivity index (χ1n) is 9.57. The minimum Gasteiger partial charge on any atom is -0.353 e. The summed E-state index contributed by atoms with van der Waals surface area (Å²) in [5.74, 6) is 1.02. The number of piperazine rings is 1. The van der Waals surface area contributed by atoms with Gasteiger partial charge in [-0.2, -0.15) is 14.6 Å². The molecule has 152 valence electrons. The molecule has 0 spiro atoms. The van der Waals surface area contributed by atoms with Gasteiger partial charge in [-0.05, 0) is 27.1 Å². The summed E-state index contributed by atoms with van der Waals surface area (Å²) in [6, 6.07) is 7.79. The standard InChI is InChI=1S/C20H24FN7O/c1-14-12-17(28-20(24-14)22-13-23-28)26-8-10-27(11-9-26)19(29)18(25(2)3)15-6-4-5-7-16(15)21/h4-7,12-13,18H,8-11H2,1-3H3. The van der Waals surface area contributed by atoms with Gasteiger partial charge in [0.1, 0.15) is 24.0 Å². The minimum atomic E-state index is -0.645. The van der Waals surface area contributed by atoms with Crippen LogP contribution in [0.15, 0.2) is 36.7 Å². The Hall–Kier alpha value is -3.07. The van der Waals surface area contributed by atoms with Crippen molar-refractivity contribution >= 4 is 17.5 Å². The molecule has 2 aromatic heterocycles. The van der Waals surface area contributed by atoms with Gasteiger partial charge in [0, 0.05) is 43.5 Å². The van der Waals surface area contributed by atoms with Gasteiger partial charge in [0.05, 0.1) is 0 Å². The summed E-state index contributed by atoms with van der Waals surface area (Å²) in [7, 11) is 3.60. The van der Waals surface area contributed by atoms with Crippen molar-refractivity contribution in [2.45, 2.75) is 13.0 Å². The average Bonchev–Trinajstić information content (AvgIpc) is 3.17. The van der Waals surface area contributed by atoms with E-state index in [2.05, 4.69) is 20.0 Å². The van der Waals surface area contributed by atoms with E-state index < -0.39 is 6.04 Å². The number of hydrogen-bond donors (Lipinski definition) is 0. The van der Waals surface area contributed by atoms with Crippen molar-refractivity contribution < 1.29 is 9.18 Å². The maximum atomic E-state index is 14.3. The summed E-state index contributed by atoms with van der Waals surface area (Å²) in [5, 5.41) is 4.26. The number of amides is 1. The summed E-state index contributed by atoms with van der Waals surface area (Å²) in [4.78, 5) is 27.5. The van der Waals surface area contributed by atoms with Gasteiger partial charge < -0.3 is 9.80 Å². The number of aryl methyl sites for hydroxylation is 1. The second kappa shape index (κ2) is 7.75. The molecule has 3 aromatic rings. The maximum Gasteiger partial charge on any atom is 0.254 e. The number of rotatable bonds is 4. The molecule has 0 N–H and O–H groups in total. The van der Waals surface area contributed by atoms with E-state index in [4.69, 9.17) is 0 Å². The van der Waals surface area contributed by atoms with E-state index in [1.54, 1.807) is 46.6 Å². The fourth-order valence-electron chi connectivity index (χ4n) is 3.79. The van der Waals surface area contributed by atoms with Crippen LogP contribution in [0.4, 0.5) is 10.2 Å². The van der Waals surface area contributed by atoms with E-state index in [-0.39, 0.29) is 11.7 Å². The topological polar surface area (TPSA) is 69.9 Å². The molecule has 29 heavy (non-hydrogen) atoms. The lowest BCUT2D eigenvalue weighted by Crippen LogP contribution is -2.52. The molecule has 1 fully saturated rings. The van der Waals surface area contributed by atoms with E-state index >= 15 is 0 Å². The van der Waals surface area contributed by atoms with Crippen molar-refractivity contribution in [1.29, 1.82) is 0 Å². The third kappa shape index (κ3) is 3.65. The molecule has 0 saturated carbocycles. The van der Waals surface area contributed by atoms with E-state index in [0.717, 1.165) is 11.5 Å². The van der Waals surface area contributed by atoms with E-state index in [9.17, 15) is 9.18 Å². The van der Waals surface area contributed by atoms with Gasteiger partial charge in [0.15, 0.2) is 0 Å². The van der Waals surface area contributed by atoms with Crippen molar-refractivity contribution in [3.05, 3.63) is 53.7 Å². The zero-order valence-corrected chi connectivity index (χ0v) is 16.8. The molecule has 1 unspecified atom stereocenters. The summed E-state index contributed by atoms with van der Waals surface area (Å²) >= 11 is 0. The first kappa shape index (κ1) is 19.3. The van der Waals surface area contributed by atoms with Crippen LogP contribution < -0.4 is 4.90 Å². The molecule has 9 heteroatoms. The predicted molar refractivity (Wildman–Crippen MR) is 107 cm³/mol. The third-order valence-corrected chi connectivity index (χ3v) is 5.23. The van der Waals surface area contributed by atoms with Crippen molar-refractivity contribution in [3.8, 4) is 0 Å². The Balaban J connectivity index is 1.52. The molecular formula is C20H24FN7O. The van der Waals surface area contributed by atoms with Crippen LogP contribution in [0.2, 0.25) is 0 Å². The van der Waals surface area contributed by atoms with Crippen LogP contribution in [0.5, 0.6) is 0 Å².